The molecule has 0 fully saturated rings. The van der Waals surface area contributed by atoms with Crippen LogP contribution >= 0.6 is 15.9 Å². The summed E-state index contributed by atoms with van der Waals surface area (Å²) < 4.78 is 2.71. The Hall–Kier alpha value is -3.19. The third-order valence-electron chi connectivity index (χ3n) is 6.47. The highest BCUT2D eigenvalue weighted by Gasteiger charge is 2.59. The summed E-state index contributed by atoms with van der Waals surface area (Å²) in [6, 6.07) is 15.6. The van der Waals surface area contributed by atoms with Crippen molar-refractivity contribution in [3.63, 3.8) is 0 Å². The van der Waals surface area contributed by atoms with Gasteiger partial charge in [-0.15, -0.1) is 0 Å². The van der Waals surface area contributed by atoms with Gasteiger partial charge in [0.15, 0.2) is 5.78 Å². The average molecular weight is 475 g/mol. The molecule has 1 amide bonds. The minimum atomic E-state index is -1.20. The van der Waals surface area contributed by atoms with Crippen molar-refractivity contribution >= 4 is 39.1 Å². The van der Waals surface area contributed by atoms with Crippen molar-refractivity contribution in [2.24, 2.45) is 0 Å². The highest BCUT2D eigenvalue weighted by atomic mass is 79.9. The quantitative estimate of drug-likeness (QED) is 0.539. The molecule has 2 aromatic carbocycles. The number of carbonyl (C=O) groups is 2. The SMILES string of the molecule is Cc1nn(-c2ccccc2)c2c1[C@@]1(C(=O)Nc3ccc(Br)cc31)C1=C(CCCC1=O)N2. The number of benzene rings is 2. The second kappa shape index (κ2) is 6.40. The lowest BCUT2D eigenvalue weighted by Crippen LogP contribution is -2.46. The topological polar surface area (TPSA) is 76.0 Å². The molecule has 0 radical (unpaired) electrons. The zero-order chi connectivity index (χ0) is 21.3. The van der Waals surface area contributed by atoms with Gasteiger partial charge in [0.25, 0.3) is 0 Å². The van der Waals surface area contributed by atoms with Crippen molar-refractivity contribution in [3.05, 3.63) is 81.1 Å². The molecule has 1 atom stereocenters. The van der Waals surface area contributed by atoms with Crippen LogP contribution in [0.25, 0.3) is 5.69 Å². The van der Waals surface area contributed by atoms with Gasteiger partial charge in [-0.05, 0) is 50.1 Å². The maximum atomic E-state index is 13.8. The smallest absolute Gasteiger partial charge is 0.244 e. The molecular formula is C24H19BrN4O2. The van der Waals surface area contributed by atoms with Gasteiger partial charge in [0.05, 0.1) is 11.4 Å². The zero-order valence-corrected chi connectivity index (χ0v) is 18.4. The molecule has 2 N–H and O–H groups in total. The Labute approximate surface area is 187 Å². The van der Waals surface area contributed by atoms with Crippen molar-refractivity contribution in [1.82, 2.24) is 9.78 Å². The molecule has 0 saturated carbocycles. The normalized spacial score (nSPS) is 21.5. The number of para-hydroxylation sites is 1. The molecular weight excluding hydrogens is 456 g/mol. The monoisotopic (exact) mass is 474 g/mol. The Morgan fingerprint density at radius 2 is 1.87 bits per heavy atom. The van der Waals surface area contributed by atoms with Crippen molar-refractivity contribution in [3.8, 4) is 5.69 Å². The Morgan fingerprint density at radius 3 is 2.68 bits per heavy atom. The van der Waals surface area contributed by atoms with Gasteiger partial charge in [-0.25, -0.2) is 4.68 Å². The number of fused-ring (bicyclic) bond motifs is 5. The number of allylic oxidation sites excluding steroid dienone is 1. The van der Waals surface area contributed by atoms with Gasteiger partial charge in [0.2, 0.25) is 5.91 Å². The summed E-state index contributed by atoms with van der Waals surface area (Å²) >= 11 is 3.56. The third kappa shape index (κ3) is 2.35. The number of aryl methyl sites for hydroxylation is 1. The number of carbonyl (C=O) groups excluding carboxylic acids is 2. The molecule has 2 aliphatic heterocycles. The Kier molecular flexibility index (Phi) is 3.84. The summed E-state index contributed by atoms with van der Waals surface area (Å²) in [5.74, 6) is 0.580. The molecule has 1 aliphatic carbocycles. The van der Waals surface area contributed by atoms with Crippen LogP contribution in [-0.2, 0) is 15.0 Å². The molecule has 6 nitrogen and oxygen atoms in total. The van der Waals surface area contributed by atoms with E-state index in [-0.39, 0.29) is 11.7 Å². The summed E-state index contributed by atoms with van der Waals surface area (Å²) in [4.78, 5) is 27.1. The number of amides is 1. The molecule has 1 aromatic heterocycles. The predicted molar refractivity (Wildman–Crippen MR) is 121 cm³/mol. The van der Waals surface area contributed by atoms with Gasteiger partial charge in [-0.3, -0.25) is 9.59 Å². The van der Waals surface area contributed by atoms with Crippen molar-refractivity contribution in [2.75, 3.05) is 10.6 Å². The van der Waals surface area contributed by atoms with Crippen molar-refractivity contribution < 1.29 is 9.59 Å². The standard InChI is InChI=1S/C24H19BrN4O2/c1-13-20-22(29(28-13)15-6-3-2-4-7-15)26-18-8-5-9-19(30)21(18)24(20)16-12-14(25)10-11-17(16)27-23(24)31/h2-4,6-7,10-12,26H,5,8-9H2,1H3,(H,27,31)/t24-/m1/s1. The molecule has 0 saturated heterocycles. The van der Waals surface area contributed by atoms with Crippen molar-refractivity contribution in [2.45, 2.75) is 31.6 Å². The van der Waals surface area contributed by atoms with Crippen LogP contribution in [0.3, 0.4) is 0 Å². The van der Waals surface area contributed by atoms with E-state index >= 15 is 0 Å². The number of halogens is 1. The number of hydrogen-bond donors (Lipinski definition) is 2. The highest BCUT2D eigenvalue weighted by Crippen LogP contribution is 2.56. The van der Waals surface area contributed by atoms with Crippen LogP contribution < -0.4 is 10.6 Å². The molecule has 3 heterocycles. The maximum absolute atomic E-state index is 13.8. The highest BCUT2D eigenvalue weighted by molar-refractivity contribution is 9.10. The van der Waals surface area contributed by atoms with E-state index in [9.17, 15) is 9.59 Å². The summed E-state index contributed by atoms with van der Waals surface area (Å²) in [6.07, 6.45) is 1.93. The van der Waals surface area contributed by atoms with E-state index in [4.69, 9.17) is 5.10 Å². The number of nitrogens with one attached hydrogen (secondary N) is 2. The number of ketones is 1. The predicted octanol–water partition coefficient (Wildman–Crippen LogP) is 4.61. The van der Waals surface area contributed by atoms with Crippen LogP contribution in [0.15, 0.2) is 64.3 Å². The first-order valence-corrected chi connectivity index (χ1v) is 11.1. The molecule has 31 heavy (non-hydrogen) atoms. The Balaban J connectivity index is 1.74. The first-order chi connectivity index (χ1) is 15.0. The molecule has 6 rings (SSSR count). The Bertz CT molecular complexity index is 1320. The summed E-state index contributed by atoms with van der Waals surface area (Å²) in [5, 5.41) is 11.4. The van der Waals surface area contributed by atoms with Crippen LogP contribution in [0, 0.1) is 6.92 Å². The largest absolute Gasteiger partial charge is 0.343 e. The van der Waals surface area contributed by atoms with E-state index in [1.54, 1.807) is 0 Å². The van der Waals surface area contributed by atoms with Gasteiger partial charge >= 0.3 is 0 Å². The van der Waals surface area contributed by atoms with Crippen LogP contribution in [0.1, 0.15) is 36.1 Å². The van der Waals surface area contributed by atoms with E-state index in [1.165, 1.54) is 0 Å². The lowest BCUT2D eigenvalue weighted by molar-refractivity contribution is -0.122. The van der Waals surface area contributed by atoms with Crippen LogP contribution in [0.5, 0.6) is 0 Å². The van der Waals surface area contributed by atoms with Gasteiger partial charge < -0.3 is 10.6 Å². The maximum Gasteiger partial charge on any atom is 0.244 e. The van der Waals surface area contributed by atoms with Gasteiger partial charge in [0.1, 0.15) is 11.2 Å². The minimum absolute atomic E-state index is 0.0224. The number of Topliss-reactive ketones (excluding diaryl/α,β-unsaturated/α-hetero) is 1. The number of aromatic nitrogens is 2. The van der Waals surface area contributed by atoms with Gasteiger partial charge in [-0.1, -0.05) is 34.1 Å². The molecule has 7 heteroatoms. The van der Waals surface area contributed by atoms with E-state index in [0.29, 0.717) is 12.0 Å². The number of anilines is 2. The molecule has 1 spiro atoms. The average Bonchev–Trinajstić information content (AvgIpc) is 3.24. The van der Waals surface area contributed by atoms with Crippen LogP contribution in [-0.4, -0.2) is 21.5 Å². The fourth-order valence-corrected chi connectivity index (χ4v) is 5.65. The second-order valence-electron chi connectivity index (χ2n) is 8.21. The third-order valence-corrected chi connectivity index (χ3v) is 6.96. The summed E-state index contributed by atoms with van der Waals surface area (Å²) in [7, 11) is 0. The fraction of sp³-hybridized carbons (Fsp3) is 0.208. The fourth-order valence-electron chi connectivity index (χ4n) is 5.29. The van der Waals surface area contributed by atoms with Gasteiger partial charge in [0, 0.05) is 39.0 Å². The van der Waals surface area contributed by atoms with Crippen molar-refractivity contribution in [1.29, 1.82) is 0 Å². The van der Waals surface area contributed by atoms with E-state index in [2.05, 4.69) is 26.6 Å². The summed E-state index contributed by atoms with van der Waals surface area (Å²) in [6.45, 7) is 1.91. The first kappa shape index (κ1) is 18.6. The first-order valence-electron chi connectivity index (χ1n) is 10.3. The molecule has 0 unspecified atom stereocenters. The number of rotatable bonds is 1. The van der Waals surface area contributed by atoms with Crippen LogP contribution in [0.4, 0.5) is 11.5 Å². The lowest BCUT2D eigenvalue weighted by atomic mass is 9.64. The van der Waals surface area contributed by atoms with E-state index in [1.807, 2.05) is 60.1 Å². The minimum Gasteiger partial charge on any atom is -0.343 e. The Morgan fingerprint density at radius 1 is 1.06 bits per heavy atom. The second-order valence-corrected chi connectivity index (χ2v) is 9.12. The zero-order valence-electron chi connectivity index (χ0n) is 16.8. The number of hydrogen-bond acceptors (Lipinski definition) is 4. The summed E-state index contributed by atoms with van der Waals surface area (Å²) in [5.41, 5.74) is 4.09. The van der Waals surface area contributed by atoms with Gasteiger partial charge in [-0.2, -0.15) is 5.10 Å². The van der Waals surface area contributed by atoms with E-state index < -0.39 is 5.41 Å². The number of nitrogens with zero attached hydrogens (tertiary/aromatic N) is 2. The van der Waals surface area contributed by atoms with E-state index in [0.717, 1.165) is 57.0 Å². The molecule has 3 aliphatic rings. The molecule has 154 valence electrons. The lowest BCUT2D eigenvalue weighted by Gasteiger charge is -2.38. The van der Waals surface area contributed by atoms with Crippen LogP contribution in [0.2, 0.25) is 0 Å². The molecule has 0 bridgehead atoms. The molecule has 3 aromatic rings.